The summed E-state index contributed by atoms with van der Waals surface area (Å²) < 4.78 is 0. The average molecular weight is 269 g/mol. The van der Waals surface area contributed by atoms with Crippen LogP contribution in [0.2, 0.25) is 0 Å². The normalized spacial score (nSPS) is 22.9. The number of benzene rings is 1. The Morgan fingerprint density at radius 3 is 2.75 bits per heavy atom. The third-order valence-electron chi connectivity index (χ3n) is 4.32. The molecule has 0 spiro atoms. The van der Waals surface area contributed by atoms with Crippen molar-refractivity contribution in [2.75, 3.05) is 11.9 Å². The van der Waals surface area contributed by atoms with Gasteiger partial charge in [-0.1, -0.05) is 18.2 Å². The summed E-state index contributed by atoms with van der Waals surface area (Å²) in [7, 11) is 0. The minimum Gasteiger partial charge on any atom is -0.384 e. The van der Waals surface area contributed by atoms with Gasteiger partial charge in [0.05, 0.1) is 5.52 Å². The highest BCUT2D eigenvalue weighted by Gasteiger charge is 2.18. The number of para-hydroxylation sites is 1. The van der Waals surface area contributed by atoms with Crippen LogP contribution in [0.5, 0.6) is 0 Å². The standard InChI is InChI=1S/C17H23N3/c1-12-10-17(15-4-2-3-5-16(15)20-12)19-11-13-6-8-14(18)9-7-13/h2-5,10,13-14H,6-9,11,18H2,1H3,(H,19,20). The fourth-order valence-electron chi connectivity index (χ4n) is 3.10. The lowest BCUT2D eigenvalue weighted by molar-refractivity contribution is 0.339. The molecule has 3 nitrogen and oxygen atoms in total. The van der Waals surface area contributed by atoms with Gasteiger partial charge in [-0.15, -0.1) is 0 Å². The first-order valence-corrected chi connectivity index (χ1v) is 7.58. The van der Waals surface area contributed by atoms with Crippen molar-refractivity contribution < 1.29 is 0 Å². The van der Waals surface area contributed by atoms with Crippen LogP contribution in [-0.2, 0) is 0 Å². The second-order valence-corrected chi connectivity index (χ2v) is 5.99. The summed E-state index contributed by atoms with van der Waals surface area (Å²) in [6, 6.07) is 10.9. The lowest BCUT2D eigenvalue weighted by Crippen LogP contribution is -2.29. The van der Waals surface area contributed by atoms with Crippen molar-refractivity contribution >= 4 is 16.6 Å². The number of aromatic nitrogens is 1. The molecular weight excluding hydrogens is 246 g/mol. The van der Waals surface area contributed by atoms with Crippen LogP contribution in [0.15, 0.2) is 30.3 Å². The summed E-state index contributed by atoms with van der Waals surface area (Å²) >= 11 is 0. The lowest BCUT2D eigenvalue weighted by Gasteiger charge is -2.26. The zero-order chi connectivity index (χ0) is 13.9. The molecule has 1 fully saturated rings. The van der Waals surface area contributed by atoms with Gasteiger partial charge in [0.2, 0.25) is 0 Å². The third-order valence-corrected chi connectivity index (χ3v) is 4.32. The van der Waals surface area contributed by atoms with E-state index in [1.165, 1.54) is 36.8 Å². The molecule has 3 N–H and O–H groups in total. The molecule has 106 valence electrons. The molecule has 0 bridgehead atoms. The molecule has 0 saturated heterocycles. The van der Waals surface area contributed by atoms with Crippen molar-refractivity contribution in [3.05, 3.63) is 36.0 Å². The van der Waals surface area contributed by atoms with Gasteiger partial charge >= 0.3 is 0 Å². The number of fused-ring (bicyclic) bond motifs is 1. The number of nitrogens with two attached hydrogens (primary N) is 1. The molecule has 1 aliphatic carbocycles. The van der Waals surface area contributed by atoms with Gasteiger partial charge in [0.25, 0.3) is 0 Å². The summed E-state index contributed by atoms with van der Waals surface area (Å²) in [5.41, 5.74) is 9.32. The van der Waals surface area contributed by atoms with E-state index in [-0.39, 0.29) is 0 Å². The summed E-state index contributed by atoms with van der Waals surface area (Å²) in [6.45, 7) is 3.09. The van der Waals surface area contributed by atoms with E-state index < -0.39 is 0 Å². The molecule has 3 heteroatoms. The van der Waals surface area contributed by atoms with Gasteiger partial charge in [-0.05, 0) is 50.7 Å². The van der Waals surface area contributed by atoms with Crippen LogP contribution in [-0.4, -0.2) is 17.6 Å². The van der Waals surface area contributed by atoms with E-state index in [0.717, 1.165) is 23.7 Å². The molecule has 0 aliphatic heterocycles. The van der Waals surface area contributed by atoms with E-state index >= 15 is 0 Å². The van der Waals surface area contributed by atoms with E-state index in [4.69, 9.17) is 5.73 Å². The Hall–Kier alpha value is -1.61. The Bertz CT molecular complexity index is 586. The van der Waals surface area contributed by atoms with Gasteiger partial charge in [0.15, 0.2) is 0 Å². The van der Waals surface area contributed by atoms with Crippen molar-refractivity contribution in [3.8, 4) is 0 Å². The van der Waals surface area contributed by atoms with Crippen LogP contribution in [0.1, 0.15) is 31.4 Å². The highest BCUT2D eigenvalue weighted by Crippen LogP contribution is 2.26. The third kappa shape index (κ3) is 2.93. The van der Waals surface area contributed by atoms with E-state index in [1.807, 2.05) is 6.07 Å². The Labute approximate surface area is 120 Å². The second kappa shape index (κ2) is 5.80. The van der Waals surface area contributed by atoms with E-state index in [2.05, 4.69) is 41.5 Å². The monoisotopic (exact) mass is 269 g/mol. The number of nitrogens with zero attached hydrogens (tertiary/aromatic N) is 1. The molecule has 0 unspecified atom stereocenters. The molecule has 1 aromatic heterocycles. The molecular formula is C17H23N3. The van der Waals surface area contributed by atoms with Crippen molar-refractivity contribution in [1.29, 1.82) is 0 Å². The van der Waals surface area contributed by atoms with Crippen LogP contribution in [0.4, 0.5) is 5.69 Å². The molecule has 1 heterocycles. The maximum absolute atomic E-state index is 5.97. The average Bonchev–Trinajstić information content (AvgIpc) is 2.46. The predicted octanol–water partition coefficient (Wildman–Crippen LogP) is 3.47. The first-order chi connectivity index (χ1) is 9.72. The van der Waals surface area contributed by atoms with Gasteiger partial charge in [-0.2, -0.15) is 0 Å². The quantitative estimate of drug-likeness (QED) is 0.897. The molecule has 1 saturated carbocycles. The topological polar surface area (TPSA) is 50.9 Å². The highest BCUT2D eigenvalue weighted by atomic mass is 14.9. The number of nitrogens with one attached hydrogen (secondary N) is 1. The summed E-state index contributed by atoms with van der Waals surface area (Å²) in [5.74, 6) is 0.752. The van der Waals surface area contributed by atoms with E-state index in [1.54, 1.807) is 0 Å². The summed E-state index contributed by atoms with van der Waals surface area (Å²) in [4.78, 5) is 4.58. The Morgan fingerprint density at radius 2 is 1.95 bits per heavy atom. The van der Waals surface area contributed by atoms with Crippen molar-refractivity contribution in [3.63, 3.8) is 0 Å². The first kappa shape index (κ1) is 13.4. The molecule has 1 aliphatic rings. The lowest BCUT2D eigenvalue weighted by atomic mass is 9.86. The molecule has 3 rings (SSSR count). The Morgan fingerprint density at radius 1 is 1.20 bits per heavy atom. The van der Waals surface area contributed by atoms with Crippen molar-refractivity contribution in [1.82, 2.24) is 4.98 Å². The Kier molecular flexibility index (Phi) is 3.88. The predicted molar refractivity (Wildman–Crippen MR) is 84.9 cm³/mol. The molecule has 0 radical (unpaired) electrons. The smallest absolute Gasteiger partial charge is 0.0725 e. The Balaban J connectivity index is 1.74. The van der Waals surface area contributed by atoms with E-state index in [9.17, 15) is 0 Å². The van der Waals surface area contributed by atoms with Gasteiger partial charge in [-0.3, -0.25) is 4.98 Å². The molecule has 0 atom stereocenters. The molecule has 1 aromatic carbocycles. The number of pyridine rings is 1. The molecule has 0 amide bonds. The van der Waals surface area contributed by atoms with Crippen molar-refractivity contribution in [2.45, 2.75) is 38.6 Å². The van der Waals surface area contributed by atoms with Gasteiger partial charge in [-0.25, -0.2) is 0 Å². The summed E-state index contributed by atoms with van der Waals surface area (Å²) in [6.07, 6.45) is 4.83. The number of anilines is 1. The largest absolute Gasteiger partial charge is 0.384 e. The van der Waals surface area contributed by atoms with Crippen LogP contribution < -0.4 is 11.1 Å². The summed E-state index contributed by atoms with van der Waals surface area (Å²) in [5, 5.41) is 4.85. The number of hydrogen-bond acceptors (Lipinski definition) is 3. The number of aryl methyl sites for hydroxylation is 1. The number of hydrogen-bond donors (Lipinski definition) is 2. The molecule has 20 heavy (non-hydrogen) atoms. The number of rotatable bonds is 3. The molecule has 2 aromatic rings. The second-order valence-electron chi connectivity index (χ2n) is 5.99. The van der Waals surface area contributed by atoms with Crippen molar-refractivity contribution in [2.24, 2.45) is 11.7 Å². The minimum atomic E-state index is 0.426. The van der Waals surface area contributed by atoms with Crippen LogP contribution in [0, 0.1) is 12.8 Å². The van der Waals surface area contributed by atoms with Gasteiger partial charge in [0.1, 0.15) is 0 Å². The maximum atomic E-state index is 5.97. The maximum Gasteiger partial charge on any atom is 0.0725 e. The first-order valence-electron chi connectivity index (χ1n) is 7.58. The zero-order valence-electron chi connectivity index (χ0n) is 12.1. The van der Waals surface area contributed by atoms with E-state index in [0.29, 0.717) is 6.04 Å². The fourth-order valence-corrected chi connectivity index (χ4v) is 3.10. The van der Waals surface area contributed by atoms with Crippen LogP contribution >= 0.6 is 0 Å². The van der Waals surface area contributed by atoms with Gasteiger partial charge in [0, 0.05) is 29.4 Å². The highest BCUT2D eigenvalue weighted by molar-refractivity contribution is 5.91. The van der Waals surface area contributed by atoms with Crippen LogP contribution in [0.3, 0.4) is 0 Å². The zero-order valence-corrected chi connectivity index (χ0v) is 12.1. The fraction of sp³-hybridized carbons (Fsp3) is 0.471. The van der Waals surface area contributed by atoms with Crippen LogP contribution in [0.25, 0.3) is 10.9 Å². The van der Waals surface area contributed by atoms with Gasteiger partial charge < -0.3 is 11.1 Å². The minimum absolute atomic E-state index is 0.426. The SMILES string of the molecule is Cc1cc(NCC2CCC(N)CC2)c2ccccc2n1.